The van der Waals surface area contributed by atoms with Crippen LogP contribution < -0.4 is 5.32 Å². The smallest absolute Gasteiger partial charge is 0.319 e. The molecule has 0 aliphatic carbocycles. The number of benzene rings is 1. The molecular weight excluding hydrogens is 326 g/mol. The lowest BCUT2D eigenvalue weighted by atomic mass is 9.95. The lowest BCUT2D eigenvalue weighted by molar-refractivity contribution is -0.121. The summed E-state index contributed by atoms with van der Waals surface area (Å²) in [4.78, 5) is 28.6. The van der Waals surface area contributed by atoms with E-state index in [-0.39, 0.29) is 17.9 Å². The van der Waals surface area contributed by atoms with Crippen LogP contribution in [0.15, 0.2) is 24.3 Å². The normalized spacial score (nSPS) is 16.2. The number of piperidine rings is 1. The van der Waals surface area contributed by atoms with Gasteiger partial charge in [0.2, 0.25) is 5.91 Å². The molecule has 0 aromatic heterocycles. The van der Waals surface area contributed by atoms with Crippen molar-refractivity contribution in [3.63, 3.8) is 0 Å². The summed E-state index contributed by atoms with van der Waals surface area (Å²) in [5, 5.41) is 3.03. The SMILES string of the molecule is CCC(C)c1ccc(NC(=O)C2CCN(C(=O)N(CC)CC)CC2)cc1. The van der Waals surface area contributed by atoms with Gasteiger partial charge in [-0.25, -0.2) is 4.79 Å². The number of hydrogen-bond donors (Lipinski definition) is 1. The van der Waals surface area contributed by atoms with E-state index in [4.69, 9.17) is 0 Å². The van der Waals surface area contributed by atoms with Crippen molar-refractivity contribution in [2.75, 3.05) is 31.5 Å². The van der Waals surface area contributed by atoms with Gasteiger partial charge in [-0.3, -0.25) is 4.79 Å². The van der Waals surface area contributed by atoms with Crippen LogP contribution >= 0.6 is 0 Å². The molecule has 1 atom stereocenters. The minimum absolute atomic E-state index is 0.0232. The fraction of sp³-hybridized carbons (Fsp3) is 0.619. The molecule has 1 unspecified atom stereocenters. The van der Waals surface area contributed by atoms with Gasteiger partial charge in [0, 0.05) is 37.8 Å². The molecule has 1 aromatic rings. The molecule has 144 valence electrons. The van der Waals surface area contributed by atoms with Crippen molar-refractivity contribution < 1.29 is 9.59 Å². The van der Waals surface area contributed by atoms with Crippen molar-refractivity contribution in [1.82, 2.24) is 9.80 Å². The predicted molar refractivity (Wildman–Crippen MR) is 106 cm³/mol. The Bertz CT molecular complexity index is 588. The topological polar surface area (TPSA) is 52.7 Å². The van der Waals surface area contributed by atoms with E-state index in [1.165, 1.54) is 5.56 Å². The van der Waals surface area contributed by atoms with Gasteiger partial charge in [0.15, 0.2) is 0 Å². The number of likely N-dealkylation sites (tertiary alicyclic amines) is 1. The van der Waals surface area contributed by atoms with Crippen LogP contribution in [0.1, 0.15) is 58.4 Å². The Kier molecular flexibility index (Phi) is 7.49. The van der Waals surface area contributed by atoms with Crippen LogP contribution in [0, 0.1) is 5.92 Å². The fourth-order valence-electron chi connectivity index (χ4n) is 3.40. The van der Waals surface area contributed by atoms with E-state index in [2.05, 4.69) is 31.3 Å². The van der Waals surface area contributed by atoms with Crippen molar-refractivity contribution in [3.05, 3.63) is 29.8 Å². The molecule has 1 aliphatic rings. The number of urea groups is 1. The number of anilines is 1. The van der Waals surface area contributed by atoms with Crippen LogP contribution in [0.3, 0.4) is 0 Å². The lowest BCUT2D eigenvalue weighted by Crippen LogP contribution is -2.47. The molecule has 1 N–H and O–H groups in total. The highest BCUT2D eigenvalue weighted by Crippen LogP contribution is 2.23. The van der Waals surface area contributed by atoms with Crippen LogP contribution in [0.25, 0.3) is 0 Å². The molecular formula is C21H33N3O2. The third-order valence-corrected chi connectivity index (χ3v) is 5.53. The average molecular weight is 360 g/mol. The van der Waals surface area contributed by atoms with Gasteiger partial charge in [0.05, 0.1) is 0 Å². The molecule has 26 heavy (non-hydrogen) atoms. The molecule has 1 aromatic carbocycles. The quantitative estimate of drug-likeness (QED) is 0.823. The van der Waals surface area contributed by atoms with E-state index in [0.29, 0.717) is 19.0 Å². The molecule has 0 radical (unpaired) electrons. The Morgan fingerprint density at radius 1 is 1.12 bits per heavy atom. The number of hydrogen-bond acceptors (Lipinski definition) is 2. The zero-order chi connectivity index (χ0) is 19.1. The Morgan fingerprint density at radius 2 is 1.69 bits per heavy atom. The highest BCUT2D eigenvalue weighted by molar-refractivity contribution is 5.92. The Hall–Kier alpha value is -2.04. The third-order valence-electron chi connectivity index (χ3n) is 5.53. The zero-order valence-corrected chi connectivity index (χ0v) is 16.6. The van der Waals surface area contributed by atoms with Crippen molar-refractivity contribution >= 4 is 17.6 Å². The number of nitrogens with one attached hydrogen (secondary N) is 1. The molecule has 5 nitrogen and oxygen atoms in total. The molecule has 0 saturated carbocycles. The molecule has 3 amide bonds. The van der Waals surface area contributed by atoms with Crippen LogP contribution in [0.5, 0.6) is 0 Å². The summed E-state index contributed by atoms with van der Waals surface area (Å²) >= 11 is 0. The maximum absolute atomic E-state index is 12.5. The second kappa shape index (κ2) is 9.60. The van der Waals surface area contributed by atoms with Crippen LogP contribution in [-0.4, -0.2) is 47.9 Å². The Balaban J connectivity index is 1.85. The van der Waals surface area contributed by atoms with Crippen LogP contribution in [0.4, 0.5) is 10.5 Å². The predicted octanol–water partition coefficient (Wildman–Crippen LogP) is 4.31. The summed E-state index contributed by atoms with van der Waals surface area (Å²) in [6.07, 6.45) is 2.56. The van der Waals surface area contributed by atoms with E-state index in [1.54, 1.807) is 0 Å². The number of nitrogens with zero attached hydrogens (tertiary/aromatic N) is 2. The van der Waals surface area contributed by atoms with Gasteiger partial charge >= 0.3 is 6.03 Å². The highest BCUT2D eigenvalue weighted by Gasteiger charge is 2.28. The molecule has 1 saturated heterocycles. The van der Waals surface area contributed by atoms with Crippen LogP contribution in [0.2, 0.25) is 0 Å². The fourth-order valence-corrected chi connectivity index (χ4v) is 3.40. The first-order valence-corrected chi connectivity index (χ1v) is 9.94. The molecule has 0 spiro atoms. The number of rotatable bonds is 6. The summed E-state index contributed by atoms with van der Waals surface area (Å²) in [7, 11) is 0. The van der Waals surface area contributed by atoms with E-state index in [9.17, 15) is 9.59 Å². The van der Waals surface area contributed by atoms with Gasteiger partial charge in [-0.05, 0) is 56.7 Å². The summed E-state index contributed by atoms with van der Waals surface area (Å²) < 4.78 is 0. The van der Waals surface area contributed by atoms with Crippen molar-refractivity contribution in [3.8, 4) is 0 Å². The lowest BCUT2D eigenvalue weighted by Gasteiger charge is -2.34. The average Bonchev–Trinajstić information content (AvgIpc) is 2.68. The van der Waals surface area contributed by atoms with Gasteiger partial charge in [-0.2, -0.15) is 0 Å². The Morgan fingerprint density at radius 3 is 2.19 bits per heavy atom. The summed E-state index contributed by atoms with van der Waals surface area (Å²) in [5.41, 5.74) is 2.15. The zero-order valence-electron chi connectivity index (χ0n) is 16.6. The van der Waals surface area contributed by atoms with Gasteiger partial charge in [0.1, 0.15) is 0 Å². The number of carbonyl (C=O) groups is 2. The molecule has 1 aliphatic heterocycles. The minimum Gasteiger partial charge on any atom is -0.326 e. The van der Waals surface area contributed by atoms with Gasteiger partial charge in [-0.1, -0.05) is 26.0 Å². The van der Waals surface area contributed by atoms with Crippen molar-refractivity contribution in [1.29, 1.82) is 0 Å². The Labute approximate surface area is 157 Å². The van der Waals surface area contributed by atoms with E-state index in [1.807, 2.05) is 35.8 Å². The molecule has 5 heteroatoms. The summed E-state index contributed by atoms with van der Waals surface area (Å²) in [5.74, 6) is 0.577. The standard InChI is InChI=1S/C21H33N3O2/c1-5-16(4)17-8-10-19(11-9-17)22-20(25)18-12-14-24(15-13-18)21(26)23(6-2)7-3/h8-11,16,18H,5-7,12-15H2,1-4H3,(H,22,25). The van der Waals surface area contributed by atoms with E-state index in [0.717, 1.165) is 38.0 Å². The van der Waals surface area contributed by atoms with E-state index >= 15 is 0 Å². The van der Waals surface area contributed by atoms with E-state index < -0.39 is 0 Å². The number of amides is 3. The molecule has 1 heterocycles. The third kappa shape index (κ3) is 4.99. The summed E-state index contributed by atoms with van der Waals surface area (Å²) in [6, 6.07) is 8.25. The van der Waals surface area contributed by atoms with Crippen molar-refractivity contribution in [2.24, 2.45) is 5.92 Å². The first kappa shape index (κ1) is 20.3. The maximum Gasteiger partial charge on any atom is 0.319 e. The summed E-state index contributed by atoms with van der Waals surface area (Å²) in [6.45, 7) is 11.1. The monoisotopic (exact) mass is 359 g/mol. The molecule has 2 rings (SSSR count). The second-order valence-electron chi connectivity index (χ2n) is 7.14. The first-order chi connectivity index (χ1) is 12.5. The van der Waals surface area contributed by atoms with Gasteiger partial charge < -0.3 is 15.1 Å². The van der Waals surface area contributed by atoms with Crippen molar-refractivity contribution in [2.45, 2.75) is 52.9 Å². The highest BCUT2D eigenvalue weighted by atomic mass is 16.2. The second-order valence-corrected chi connectivity index (χ2v) is 7.14. The van der Waals surface area contributed by atoms with Gasteiger partial charge in [0.25, 0.3) is 0 Å². The molecule has 1 fully saturated rings. The number of carbonyl (C=O) groups excluding carboxylic acids is 2. The first-order valence-electron chi connectivity index (χ1n) is 9.94. The maximum atomic E-state index is 12.5. The minimum atomic E-state index is -0.0232. The van der Waals surface area contributed by atoms with Gasteiger partial charge in [-0.15, -0.1) is 0 Å². The largest absolute Gasteiger partial charge is 0.326 e. The molecule has 0 bridgehead atoms. The van der Waals surface area contributed by atoms with Crippen LogP contribution in [-0.2, 0) is 4.79 Å².